The predicted octanol–water partition coefficient (Wildman–Crippen LogP) is 3.60. The van der Waals surface area contributed by atoms with Gasteiger partial charge in [0.25, 0.3) is 0 Å². The first kappa shape index (κ1) is 20.2. The fourth-order valence-electron chi connectivity index (χ4n) is 3.42. The first-order valence-corrected chi connectivity index (χ1v) is 10.0. The number of amides is 2. The Labute approximate surface area is 171 Å². The Bertz CT molecular complexity index is 830. The Hall–Kier alpha value is -2.53. The van der Waals surface area contributed by atoms with Crippen LogP contribution < -0.4 is 9.80 Å². The van der Waals surface area contributed by atoms with Crippen LogP contribution in [0.1, 0.15) is 19.4 Å². The third-order valence-electron chi connectivity index (χ3n) is 5.14. The predicted molar refractivity (Wildman–Crippen MR) is 114 cm³/mol. The number of nitrogens with zero attached hydrogens (tertiary/aromatic N) is 3. The van der Waals surface area contributed by atoms with Crippen LogP contribution in [-0.2, 0) is 16.0 Å². The second kappa shape index (κ2) is 9.11. The molecule has 1 aliphatic rings. The summed E-state index contributed by atoms with van der Waals surface area (Å²) in [5, 5.41) is 0.710. The molecule has 3 rings (SSSR count). The first-order chi connectivity index (χ1) is 13.5. The summed E-state index contributed by atoms with van der Waals surface area (Å²) in [6, 6.07) is 15.6. The average molecular weight is 400 g/mol. The molecular weight excluding hydrogens is 374 g/mol. The van der Waals surface area contributed by atoms with Crippen molar-refractivity contribution in [3.8, 4) is 0 Å². The number of piperazine rings is 1. The van der Waals surface area contributed by atoms with Crippen LogP contribution in [0.3, 0.4) is 0 Å². The normalized spacial score (nSPS) is 14.1. The number of hydrogen-bond donors (Lipinski definition) is 0. The van der Waals surface area contributed by atoms with E-state index >= 15 is 0 Å². The minimum absolute atomic E-state index is 0.0273. The average Bonchev–Trinajstić information content (AvgIpc) is 2.72. The lowest BCUT2D eigenvalue weighted by Crippen LogP contribution is -2.51. The summed E-state index contributed by atoms with van der Waals surface area (Å²) in [6.07, 6.45) is 0.941. The summed E-state index contributed by atoms with van der Waals surface area (Å²) in [7, 11) is 0. The van der Waals surface area contributed by atoms with Crippen LogP contribution in [0, 0.1) is 0 Å². The highest BCUT2D eigenvalue weighted by atomic mass is 35.5. The summed E-state index contributed by atoms with van der Waals surface area (Å²) in [5.74, 6) is -0.157. The van der Waals surface area contributed by atoms with Crippen molar-refractivity contribution in [2.24, 2.45) is 0 Å². The van der Waals surface area contributed by atoms with Crippen molar-refractivity contribution in [2.45, 2.75) is 20.3 Å². The molecule has 0 bridgehead atoms. The number of aryl methyl sites for hydroxylation is 1. The fraction of sp³-hybridized carbons (Fsp3) is 0.364. The van der Waals surface area contributed by atoms with Gasteiger partial charge in [0.1, 0.15) is 6.54 Å². The van der Waals surface area contributed by atoms with Gasteiger partial charge in [-0.2, -0.15) is 0 Å². The highest BCUT2D eigenvalue weighted by Crippen LogP contribution is 2.21. The highest BCUT2D eigenvalue weighted by molar-refractivity contribution is 6.30. The minimum atomic E-state index is -0.129. The number of benzene rings is 2. The van der Waals surface area contributed by atoms with Crippen molar-refractivity contribution in [3.63, 3.8) is 0 Å². The zero-order valence-electron chi connectivity index (χ0n) is 16.4. The molecule has 6 heteroatoms. The molecule has 2 aromatic rings. The van der Waals surface area contributed by atoms with Gasteiger partial charge >= 0.3 is 0 Å². The van der Waals surface area contributed by atoms with Crippen molar-refractivity contribution < 1.29 is 9.59 Å². The summed E-state index contributed by atoms with van der Waals surface area (Å²) >= 11 is 6.08. The molecule has 0 spiro atoms. The molecule has 0 atom stereocenters. The molecule has 0 aliphatic carbocycles. The third-order valence-corrected chi connectivity index (χ3v) is 5.37. The summed E-state index contributed by atoms with van der Waals surface area (Å²) in [6.45, 7) is 6.41. The van der Waals surface area contributed by atoms with Gasteiger partial charge in [-0.3, -0.25) is 9.59 Å². The first-order valence-electron chi connectivity index (χ1n) is 9.63. The van der Waals surface area contributed by atoms with Crippen molar-refractivity contribution in [1.29, 1.82) is 0 Å². The fourth-order valence-corrected chi connectivity index (χ4v) is 3.60. The standard InChI is InChI=1S/C22H26ClN3O2/c1-3-18-7-9-20(10-8-18)26(17(2)27)16-22(28)25-13-11-24(12-14-25)21-6-4-5-19(23)15-21/h4-10,15H,3,11-14,16H2,1-2H3. The van der Waals surface area contributed by atoms with Crippen LogP contribution in [-0.4, -0.2) is 49.4 Å². The van der Waals surface area contributed by atoms with Gasteiger partial charge in [0, 0.05) is 49.5 Å². The molecule has 0 saturated carbocycles. The Morgan fingerprint density at radius 1 is 1.04 bits per heavy atom. The van der Waals surface area contributed by atoms with Gasteiger partial charge < -0.3 is 14.7 Å². The maximum atomic E-state index is 12.8. The monoisotopic (exact) mass is 399 g/mol. The van der Waals surface area contributed by atoms with Gasteiger partial charge in [-0.15, -0.1) is 0 Å². The van der Waals surface area contributed by atoms with Gasteiger partial charge in [0.05, 0.1) is 0 Å². The molecule has 148 valence electrons. The molecule has 1 fully saturated rings. The van der Waals surface area contributed by atoms with E-state index in [1.165, 1.54) is 12.5 Å². The number of anilines is 2. The topological polar surface area (TPSA) is 43.9 Å². The summed E-state index contributed by atoms with van der Waals surface area (Å²) in [4.78, 5) is 30.5. The highest BCUT2D eigenvalue weighted by Gasteiger charge is 2.24. The largest absolute Gasteiger partial charge is 0.368 e. The number of carbonyl (C=O) groups excluding carboxylic acids is 2. The molecular formula is C22H26ClN3O2. The Kier molecular flexibility index (Phi) is 6.57. The van der Waals surface area contributed by atoms with E-state index in [1.54, 1.807) is 4.90 Å². The number of hydrogen-bond acceptors (Lipinski definition) is 3. The molecule has 0 unspecified atom stereocenters. The molecule has 28 heavy (non-hydrogen) atoms. The van der Waals surface area contributed by atoms with Crippen molar-refractivity contribution in [1.82, 2.24) is 4.90 Å². The van der Waals surface area contributed by atoms with Gasteiger partial charge in [-0.1, -0.05) is 36.7 Å². The van der Waals surface area contributed by atoms with E-state index in [4.69, 9.17) is 11.6 Å². The maximum Gasteiger partial charge on any atom is 0.242 e. The van der Waals surface area contributed by atoms with E-state index in [0.29, 0.717) is 18.1 Å². The van der Waals surface area contributed by atoms with E-state index < -0.39 is 0 Å². The quantitative estimate of drug-likeness (QED) is 0.771. The maximum absolute atomic E-state index is 12.8. The summed E-state index contributed by atoms with van der Waals surface area (Å²) < 4.78 is 0. The molecule has 1 heterocycles. The minimum Gasteiger partial charge on any atom is -0.368 e. The molecule has 1 saturated heterocycles. The second-order valence-electron chi connectivity index (χ2n) is 6.97. The van der Waals surface area contributed by atoms with Crippen LogP contribution in [0.2, 0.25) is 5.02 Å². The van der Waals surface area contributed by atoms with Crippen LogP contribution in [0.25, 0.3) is 0 Å². The SMILES string of the molecule is CCc1ccc(N(CC(=O)N2CCN(c3cccc(Cl)c3)CC2)C(C)=O)cc1. The zero-order valence-corrected chi connectivity index (χ0v) is 17.2. The van der Waals surface area contributed by atoms with E-state index in [1.807, 2.05) is 53.4 Å². The van der Waals surface area contributed by atoms with Gasteiger partial charge in [-0.05, 0) is 42.3 Å². The lowest BCUT2D eigenvalue weighted by Gasteiger charge is -2.37. The second-order valence-corrected chi connectivity index (χ2v) is 7.41. The van der Waals surface area contributed by atoms with Crippen LogP contribution in [0.5, 0.6) is 0 Å². The van der Waals surface area contributed by atoms with Gasteiger partial charge in [0.2, 0.25) is 11.8 Å². The van der Waals surface area contributed by atoms with Crippen molar-refractivity contribution in [2.75, 3.05) is 42.5 Å². The van der Waals surface area contributed by atoms with Crippen molar-refractivity contribution >= 4 is 34.8 Å². The molecule has 0 aromatic heterocycles. The molecule has 1 aliphatic heterocycles. The lowest BCUT2D eigenvalue weighted by molar-refractivity contribution is -0.131. The molecule has 2 amide bonds. The van der Waals surface area contributed by atoms with Gasteiger partial charge in [-0.25, -0.2) is 0 Å². The summed E-state index contributed by atoms with van der Waals surface area (Å²) in [5.41, 5.74) is 3.03. The zero-order chi connectivity index (χ0) is 20.1. The Morgan fingerprint density at radius 3 is 2.29 bits per heavy atom. The number of rotatable bonds is 5. The number of carbonyl (C=O) groups is 2. The molecule has 0 radical (unpaired) electrons. The number of halogens is 1. The van der Waals surface area contributed by atoms with Crippen LogP contribution in [0.15, 0.2) is 48.5 Å². The van der Waals surface area contributed by atoms with E-state index in [2.05, 4.69) is 11.8 Å². The Morgan fingerprint density at radius 2 is 1.71 bits per heavy atom. The smallest absolute Gasteiger partial charge is 0.242 e. The molecule has 2 aromatic carbocycles. The third kappa shape index (κ3) is 4.84. The van der Waals surface area contributed by atoms with E-state index in [9.17, 15) is 9.59 Å². The molecule has 5 nitrogen and oxygen atoms in total. The van der Waals surface area contributed by atoms with E-state index in [-0.39, 0.29) is 18.4 Å². The lowest BCUT2D eigenvalue weighted by atomic mass is 10.1. The van der Waals surface area contributed by atoms with Crippen molar-refractivity contribution in [3.05, 3.63) is 59.1 Å². The Balaban J connectivity index is 1.61. The van der Waals surface area contributed by atoms with E-state index in [0.717, 1.165) is 30.9 Å². The van der Waals surface area contributed by atoms with Crippen LogP contribution >= 0.6 is 11.6 Å². The van der Waals surface area contributed by atoms with Crippen LogP contribution in [0.4, 0.5) is 11.4 Å². The molecule has 0 N–H and O–H groups in total. The van der Waals surface area contributed by atoms with Gasteiger partial charge in [0.15, 0.2) is 0 Å².